The van der Waals surface area contributed by atoms with Gasteiger partial charge in [0.15, 0.2) is 0 Å². The first-order chi connectivity index (χ1) is 14.6. The molecule has 168 valence electrons. The van der Waals surface area contributed by atoms with Gasteiger partial charge in [0, 0.05) is 24.0 Å². The van der Waals surface area contributed by atoms with Crippen molar-refractivity contribution < 1.29 is 18.0 Å². The van der Waals surface area contributed by atoms with Gasteiger partial charge in [0.25, 0.3) is 11.8 Å². The number of rotatable bonds is 8. The molecule has 2 aromatic rings. The molecule has 9 heteroatoms. The summed E-state index contributed by atoms with van der Waals surface area (Å²) in [5.74, 6) is -0.420. The van der Waals surface area contributed by atoms with E-state index in [1.807, 2.05) is 6.92 Å². The van der Waals surface area contributed by atoms with E-state index in [-0.39, 0.29) is 4.90 Å². The summed E-state index contributed by atoms with van der Waals surface area (Å²) in [6.07, 6.45) is 4.31. The number of anilines is 1. The van der Waals surface area contributed by atoms with Crippen LogP contribution in [0.5, 0.6) is 0 Å². The van der Waals surface area contributed by atoms with Gasteiger partial charge < -0.3 is 11.1 Å². The number of fused-ring (bicyclic) bond motifs is 1. The van der Waals surface area contributed by atoms with Crippen molar-refractivity contribution >= 4 is 38.2 Å². The number of benzene rings is 1. The Kier molecular flexibility index (Phi) is 7.18. The first-order valence-corrected chi connectivity index (χ1v) is 12.7. The molecule has 7 nitrogen and oxygen atoms in total. The molecule has 1 aliphatic carbocycles. The van der Waals surface area contributed by atoms with Crippen LogP contribution in [-0.2, 0) is 22.9 Å². The van der Waals surface area contributed by atoms with Gasteiger partial charge in [0.2, 0.25) is 10.0 Å². The predicted octanol–water partition coefficient (Wildman–Crippen LogP) is 3.64. The van der Waals surface area contributed by atoms with Gasteiger partial charge in [-0.05, 0) is 61.4 Å². The van der Waals surface area contributed by atoms with Gasteiger partial charge >= 0.3 is 0 Å². The van der Waals surface area contributed by atoms with Crippen molar-refractivity contribution in [1.29, 1.82) is 0 Å². The Morgan fingerprint density at radius 3 is 2.55 bits per heavy atom. The second kappa shape index (κ2) is 9.50. The molecule has 3 N–H and O–H groups in total. The molecule has 2 amide bonds. The third-order valence-corrected chi connectivity index (χ3v) is 8.68. The Bertz CT molecular complexity index is 1070. The first kappa shape index (κ1) is 23.4. The molecule has 3 rings (SSSR count). The van der Waals surface area contributed by atoms with Crippen molar-refractivity contribution in [3.63, 3.8) is 0 Å². The summed E-state index contributed by atoms with van der Waals surface area (Å²) in [5.41, 5.74) is 7.27. The fraction of sp³-hybridized carbons (Fsp3) is 0.455. The first-order valence-electron chi connectivity index (χ1n) is 10.5. The van der Waals surface area contributed by atoms with Crippen LogP contribution in [0.25, 0.3) is 0 Å². The minimum absolute atomic E-state index is 0.140. The van der Waals surface area contributed by atoms with Gasteiger partial charge in [0.05, 0.1) is 10.5 Å². The molecule has 1 atom stereocenters. The molecule has 1 aromatic heterocycles. The van der Waals surface area contributed by atoms with Gasteiger partial charge in [-0.2, -0.15) is 0 Å². The molecule has 0 spiro atoms. The summed E-state index contributed by atoms with van der Waals surface area (Å²) in [6.45, 7) is 4.61. The number of sulfonamides is 1. The molecule has 1 heterocycles. The topological polar surface area (TPSA) is 110 Å². The van der Waals surface area contributed by atoms with Gasteiger partial charge in [-0.25, -0.2) is 12.7 Å². The summed E-state index contributed by atoms with van der Waals surface area (Å²) in [4.78, 5) is 26.1. The van der Waals surface area contributed by atoms with Crippen LogP contribution in [0.4, 0.5) is 5.00 Å². The highest BCUT2D eigenvalue weighted by molar-refractivity contribution is 7.89. The number of carbonyl (C=O) groups excluding carboxylic acids is 2. The number of primary amides is 1. The van der Waals surface area contributed by atoms with E-state index < -0.39 is 21.8 Å². The van der Waals surface area contributed by atoms with E-state index in [1.165, 1.54) is 39.9 Å². The number of nitrogens with one attached hydrogen (secondary N) is 1. The minimum Gasteiger partial charge on any atom is -0.365 e. The molecule has 0 aliphatic heterocycles. The lowest BCUT2D eigenvalue weighted by Crippen LogP contribution is -2.28. The predicted molar refractivity (Wildman–Crippen MR) is 123 cm³/mol. The smallest absolute Gasteiger partial charge is 0.256 e. The van der Waals surface area contributed by atoms with Crippen molar-refractivity contribution in [1.82, 2.24) is 4.31 Å². The molecule has 0 saturated carbocycles. The van der Waals surface area contributed by atoms with Crippen LogP contribution in [0.15, 0.2) is 29.2 Å². The van der Waals surface area contributed by atoms with E-state index in [0.29, 0.717) is 28.6 Å². The lowest BCUT2D eigenvalue weighted by atomic mass is 9.88. The van der Waals surface area contributed by atoms with Gasteiger partial charge in [-0.1, -0.05) is 20.3 Å². The van der Waals surface area contributed by atoms with Gasteiger partial charge in [-0.15, -0.1) is 11.3 Å². The Morgan fingerprint density at radius 1 is 1.26 bits per heavy atom. The molecular weight excluding hydrogens is 434 g/mol. The highest BCUT2D eigenvalue weighted by Crippen LogP contribution is 2.39. The maximum absolute atomic E-state index is 12.8. The number of carbonyl (C=O) groups is 2. The van der Waals surface area contributed by atoms with Crippen LogP contribution in [0.3, 0.4) is 0 Å². The van der Waals surface area contributed by atoms with Crippen molar-refractivity contribution in [2.45, 2.75) is 50.8 Å². The highest BCUT2D eigenvalue weighted by Gasteiger charge is 2.27. The molecule has 0 saturated heterocycles. The third-order valence-electron chi connectivity index (χ3n) is 5.64. The zero-order valence-corrected chi connectivity index (χ0v) is 19.7. The molecule has 0 bridgehead atoms. The molecule has 0 radical (unpaired) electrons. The molecule has 31 heavy (non-hydrogen) atoms. The molecule has 0 fully saturated rings. The largest absolute Gasteiger partial charge is 0.365 e. The Hall–Kier alpha value is -2.23. The SMILES string of the molecule is CCCCN(C)S(=O)(=O)c1ccc(C(=O)Nc2sc3c(c2C(N)=O)CCC(C)C3)cc1. The van der Waals surface area contributed by atoms with E-state index in [9.17, 15) is 18.0 Å². The molecule has 1 aromatic carbocycles. The molecular formula is C22H29N3O4S2. The summed E-state index contributed by atoms with van der Waals surface area (Å²) >= 11 is 1.40. The standard InChI is InChI=1S/C22H29N3O4S2/c1-4-5-12-25(3)31(28,29)16-9-7-15(8-10-16)21(27)24-22-19(20(23)26)17-11-6-14(2)13-18(17)30-22/h7-10,14H,4-6,11-13H2,1-3H3,(H2,23,26)(H,24,27). The fourth-order valence-electron chi connectivity index (χ4n) is 3.73. The minimum atomic E-state index is -3.60. The highest BCUT2D eigenvalue weighted by atomic mass is 32.2. The van der Waals surface area contributed by atoms with Gasteiger partial charge in [-0.3, -0.25) is 9.59 Å². The fourth-order valence-corrected chi connectivity index (χ4v) is 6.35. The summed E-state index contributed by atoms with van der Waals surface area (Å²) in [5, 5.41) is 3.27. The molecule has 1 aliphatic rings. The number of nitrogens with zero attached hydrogens (tertiary/aromatic N) is 1. The quantitative estimate of drug-likeness (QED) is 0.623. The number of hydrogen-bond donors (Lipinski definition) is 2. The monoisotopic (exact) mass is 463 g/mol. The normalized spacial score (nSPS) is 16.2. The van der Waals surface area contributed by atoms with Crippen LogP contribution < -0.4 is 11.1 Å². The van der Waals surface area contributed by atoms with E-state index in [2.05, 4.69) is 12.2 Å². The number of hydrogen-bond acceptors (Lipinski definition) is 5. The van der Waals surface area contributed by atoms with Crippen LogP contribution in [0.2, 0.25) is 0 Å². The Balaban J connectivity index is 1.80. The van der Waals surface area contributed by atoms with E-state index >= 15 is 0 Å². The van der Waals surface area contributed by atoms with Crippen molar-refractivity contribution in [3.05, 3.63) is 45.8 Å². The zero-order chi connectivity index (χ0) is 22.8. The number of thiophene rings is 1. The van der Waals surface area contributed by atoms with E-state index in [0.717, 1.165) is 42.5 Å². The van der Waals surface area contributed by atoms with Crippen molar-refractivity contribution in [3.8, 4) is 0 Å². The van der Waals surface area contributed by atoms with Crippen LogP contribution in [0, 0.1) is 5.92 Å². The number of amides is 2. The zero-order valence-electron chi connectivity index (χ0n) is 18.1. The lowest BCUT2D eigenvalue weighted by molar-refractivity contribution is 0.1000. The van der Waals surface area contributed by atoms with Crippen molar-refractivity contribution in [2.75, 3.05) is 18.9 Å². The second-order valence-corrected chi connectivity index (χ2v) is 11.2. The summed E-state index contributed by atoms with van der Waals surface area (Å²) < 4.78 is 26.6. The van der Waals surface area contributed by atoms with Gasteiger partial charge in [0.1, 0.15) is 5.00 Å². The third kappa shape index (κ3) is 4.99. The second-order valence-electron chi connectivity index (χ2n) is 8.08. The lowest BCUT2D eigenvalue weighted by Gasteiger charge is -2.18. The van der Waals surface area contributed by atoms with Crippen LogP contribution >= 0.6 is 11.3 Å². The molecule has 1 unspecified atom stereocenters. The van der Waals surface area contributed by atoms with E-state index in [1.54, 1.807) is 7.05 Å². The maximum Gasteiger partial charge on any atom is 0.256 e. The van der Waals surface area contributed by atoms with Crippen molar-refractivity contribution in [2.24, 2.45) is 11.7 Å². The number of unbranched alkanes of at least 4 members (excludes halogenated alkanes) is 1. The summed E-state index contributed by atoms with van der Waals surface area (Å²) in [6, 6.07) is 5.83. The average molecular weight is 464 g/mol. The summed E-state index contributed by atoms with van der Waals surface area (Å²) in [7, 11) is -2.04. The van der Waals surface area contributed by atoms with E-state index in [4.69, 9.17) is 5.73 Å². The van der Waals surface area contributed by atoms with Crippen LogP contribution in [0.1, 0.15) is 64.3 Å². The Labute approximate surface area is 187 Å². The number of nitrogens with two attached hydrogens (primary N) is 1. The maximum atomic E-state index is 12.8. The Morgan fingerprint density at radius 2 is 1.94 bits per heavy atom. The average Bonchev–Trinajstić information content (AvgIpc) is 3.08. The van der Waals surface area contributed by atoms with Crippen LogP contribution in [-0.4, -0.2) is 38.1 Å².